The number of furan rings is 1. The minimum absolute atomic E-state index is 0.00278. The second kappa shape index (κ2) is 9.65. The minimum Gasteiger partial charge on any atom is -0.503 e. The standard InChI is InChI=1S/C27H28ClNO5/c1-15(2)17-5-7-18(8-6-17)24-23(26(31)27(32)29(24)11-12-33-16(3)4)25(30)22-14-19-13-20(28)9-10-21(19)34-22/h5-10,13-16,24,31H,11-12H2,1-4H3. The summed E-state index contributed by atoms with van der Waals surface area (Å²) in [5, 5.41) is 12.0. The molecule has 2 aromatic carbocycles. The van der Waals surface area contributed by atoms with Crippen LogP contribution in [-0.4, -0.2) is 41.0 Å². The molecule has 1 atom stereocenters. The maximum atomic E-state index is 13.6. The molecule has 3 aromatic rings. The fraction of sp³-hybridized carbons (Fsp3) is 0.333. The van der Waals surface area contributed by atoms with Crippen molar-refractivity contribution < 1.29 is 23.8 Å². The Kier molecular flexibility index (Phi) is 6.82. The lowest BCUT2D eigenvalue weighted by Gasteiger charge is -2.27. The summed E-state index contributed by atoms with van der Waals surface area (Å²) in [6.07, 6.45) is -0.00786. The molecule has 1 aliphatic heterocycles. The number of carbonyl (C=O) groups is 2. The lowest BCUT2D eigenvalue weighted by atomic mass is 9.93. The molecule has 178 valence electrons. The van der Waals surface area contributed by atoms with Crippen LogP contribution in [0.25, 0.3) is 11.0 Å². The van der Waals surface area contributed by atoms with Gasteiger partial charge in [0.25, 0.3) is 5.91 Å². The van der Waals surface area contributed by atoms with E-state index >= 15 is 0 Å². The number of Topliss-reactive ketones (excluding diaryl/α,β-unsaturated/α-hetero) is 1. The van der Waals surface area contributed by atoms with Gasteiger partial charge >= 0.3 is 0 Å². The number of rotatable bonds is 8. The summed E-state index contributed by atoms with van der Waals surface area (Å²) < 4.78 is 11.4. The molecule has 1 unspecified atom stereocenters. The maximum absolute atomic E-state index is 13.6. The van der Waals surface area contributed by atoms with E-state index in [4.69, 9.17) is 20.8 Å². The predicted octanol–water partition coefficient (Wildman–Crippen LogP) is 6.21. The van der Waals surface area contributed by atoms with E-state index in [9.17, 15) is 14.7 Å². The molecule has 1 N–H and O–H groups in total. The molecular formula is C27H28ClNO5. The lowest BCUT2D eigenvalue weighted by Crippen LogP contribution is -2.34. The van der Waals surface area contributed by atoms with E-state index in [1.165, 1.54) is 4.90 Å². The highest BCUT2D eigenvalue weighted by atomic mass is 35.5. The number of aliphatic hydroxyl groups is 1. The average molecular weight is 482 g/mol. The van der Waals surface area contributed by atoms with Crippen molar-refractivity contribution in [3.05, 3.63) is 81.8 Å². The van der Waals surface area contributed by atoms with Gasteiger partial charge in [-0.1, -0.05) is 49.7 Å². The molecule has 7 heteroatoms. The monoisotopic (exact) mass is 481 g/mol. The summed E-state index contributed by atoms with van der Waals surface area (Å²) in [5.41, 5.74) is 2.36. The van der Waals surface area contributed by atoms with Crippen LogP contribution < -0.4 is 0 Å². The zero-order chi connectivity index (χ0) is 24.6. The largest absolute Gasteiger partial charge is 0.503 e. The Labute approximate surface area is 203 Å². The van der Waals surface area contributed by atoms with Gasteiger partial charge in [-0.25, -0.2) is 0 Å². The number of carbonyl (C=O) groups excluding carboxylic acids is 2. The Hall–Kier alpha value is -3.09. The molecule has 2 heterocycles. The number of ketones is 1. The van der Waals surface area contributed by atoms with Crippen molar-refractivity contribution in [2.75, 3.05) is 13.2 Å². The quantitative estimate of drug-likeness (QED) is 0.387. The molecule has 1 amide bonds. The van der Waals surface area contributed by atoms with E-state index in [1.54, 1.807) is 24.3 Å². The first-order chi connectivity index (χ1) is 16.2. The fourth-order valence-corrected chi connectivity index (χ4v) is 4.35. The minimum atomic E-state index is -0.756. The fourth-order valence-electron chi connectivity index (χ4n) is 4.17. The number of halogens is 1. The number of hydrogen-bond donors (Lipinski definition) is 1. The van der Waals surface area contributed by atoms with Crippen LogP contribution in [-0.2, 0) is 9.53 Å². The summed E-state index contributed by atoms with van der Waals surface area (Å²) in [5.74, 6) is -1.33. The first kappa shape index (κ1) is 24.0. The van der Waals surface area contributed by atoms with Gasteiger partial charge in [-0.05, 0) is 55.2 Å². The number of aliphatic hydroxyl groups excluding tert-OH is 1. The van der Waals surface area contributed by atoms with Crippen LogP contribution in [0.1, 0.15) is 61.3 Å². The van der Waals surface area contributed by atoms with Crippen molar-refractivity contribution in [2.24, 2.45) is 0 Å². The third-order valence-corrected chi connectivity index (χ3v) is 6.19. The summed E-state index contributed by atoms with van der Waals surface area (Å²) in [6.45, 7) is 8.52. The number of hydrogen-bond acceptors (Lipinski definition) is 5. The summed E-state index contributed by atoms with van der Waals surface area (Å²) >= 11 is 6.07. The van der Waals surface area contributed by atoms with Gasteiger partial charge in [0.1, 0.15) is 5.58 Å². The van der Waals surface area contributed by atoms with Crippen LogP contribution in [0.15, 0.2) is 64.3 Å². The van der Waals surface area contributed by atoms with Crippen LogP contribution >= 0.6 is 11.6 Å². The molecule has 0 saturated heterocycles. The van der Waals surface area contributed by atoms with Crippen LogP contribution in [0, 0.1) is 0 Å². The number of nitrogens with zero attached hydrogens (tertiary/aromatic N) is 1. The molecular weight excluding hydrogens is 454 g/mol. The van der Waals surface area contributed by atoms with Gasteiger partial charge in [0, 0.05) is 17.0 Å². The number of benzene rings is 2. The van der Waals surface area contributed by atoms with Gasteiger partial charge in [0.05, 0.1) is 24.3 Å². The van der Waals surface area contributed by atoms with Crippen LogP contribution in [0.3, 0.4) is 0 Å². The van der Waals surface area contributed by atoms with Gasteiger partial charge in [-0.2, -0.15) is 0 Å². The SMILES string of the molecule is CC(C)OCCN1C(=O)C(O)=C(C(=O)c2cc3cc(Cl)ccc3o2)C1c1ccc(C(C)C)cc1. The smallest absolute Gasteiger partial charge is 0.290 e. The van der Waals surface area contributed by atoms with Crippen molar-refractivity contribution in [2.45, 2.75) is 45.8 Å². The second-order valence-electron chi connectivity index (χ2n) is 9.03. The summed E-state index contributed by atoms with van der Waals surface area (Å²) in [7, 11) is 0. The Morgan fingerprint density at radius 1 is 1.12 bits per heavy atom. The number of ether oxygens (including phenoxy) is 1. The lowest BCUT2D eigenvalue weighted by molar-refractivity contribution is -0.130. The van der Waals surface area contributed by atoms with Crippen LogP contribution in [0.2, 0.25) is 5.02 Å². The van der Waals surface area contributed by atoms with Gasteiger partial charge < -0.3 is 19.2 Å². The van der Waals surface area contributed by atoms with Crippen LogP contribution in [0.4, 0.5) is 0 Å². The Morgan fingerprint density at radius 2 is 1.82 bits per heavy atom. The second-order valence-corrected chi connectivity index (χ2v) is 9.46. The summed E-state index contributed by atoms with van der Waals surface area (Å²) in [6, 6.07) is 13.6. The molecule has 0 spiro atoms. The first-order valence-corrected chi connectivity index (χ1v) is 11.7. The highest BCUT2D eigenvalue weighted by molar-refractivity contribution is 6.31. The molecule has 0 fully saturated rings. The first-order valence-electron chi connectivity index (χ1n) is 11.4. The van der Waals surface area contributed by atoms with Crippen molar-refractivity contribution in [3.8, 4) is 0 Å². The van der Waals surface area contributed by atoms with Crippen molar-refractivity contribution >= 4 is 34.3 Å². The molecule has 0 aliphatic carbocycles. The maximum Gasteiger partial charge on any atom is 0.290 e. The molecule has 0 saturated carbocycles. The third kappa shape index (κ3) is 4.61. The highest BCUT2D eigenvalue weighted by Gasteiger charge is 2.44. The van der Waals surface area contributed by atoms with Crippen LogP contribution in [0.5, 0.6) is 0 Å². The number of amides is 1. The van der Waals surface area contributed by atoms with E-state index in [0.717, 1.165) is 11.1 Å². The van der Waals surface area contributed by atoms with Crippen molar-refractivity contribution in [1.29, 1.82) is 0 Å². The zero-order valence-corrected chi connectivity index (χ0v) is 20.4. The Bertz CT molecular complexity index is 1260. The van der Waals surface area contributed by atoms with Gasteiger partial charge in [-0.3, -0.25) is 9.59 Å². The molecule has 34 heavy (non-hydrogen) atoms. The van der Waals surface area contributed by atoms with E-state index in [1.807, 2.05) is 38.1 Å². The van der Waals surface area contributed by atoms with E-state index in [-0.39, 0.29) is 30.6 Å². The van der Waals surface area contributed by atoms with Gasteiger partial charge in [0.15, 0.2) is 11.5 Å². The topological polar surface area (TPSA) is 80.0 Å². The predicted molar refractivity (Wildman–Crippen MR) is 131 cm³/mol. The zero-order valence-electron chi connectivity index (χ0n) is 19.7. The Morgan fingerprint density at radius 3 is 2.47 bits per heavy atom. The average Bonchev–Trinajstić information content (AvgIpc) is 3.32. The molecule has 4 rings (SSSR count). The third-order valence-electron chi connectivity index (χ3n) is 5.95. The molecule has 1 aliphatic rings. The van der Waals surface area contributed by atoms with Gasteiger partial charge in [-0.15, -0.1) is 0 Å². The van der Waals surface area contributed by atoms with E-state index in [2.05, 4.69) is 13.8 Å². The van der Waals surface area contributed by atoms with Gasteiger partial charge in [0.2, 0.25) is 5.78 Å². The molecule has 0 bridgehead atoms. The molecule has 0 radical (unpaired) electrons. The number of fused-ring (bicyclic) bond motifs is 1. The van der Waals surface area contributed by atoms with Crippen molar-refractivity contribution in [1.82, 2.24) is 4.90 Å². The highest BCUT2D eigenvalue weighted by Crippen LogP contribution is 2.40. The summed E-state index contributed by atoms with van der Waals surface area (Å²) in [4.78, 5) is 28.1. The van der Waals surface area contributed by atoms with Crippen molar-refractivity contribution in [3.63, 3.8) is 0 Å². The molecule has 6 nitrogen and oxygen atoms in total. The Balaban J connectivity index is 1.75. The normalized spacial score (nSPS) is 16.5. The van der Waals surface area contributed by atoms with E-state index in [0.29, 0.717) is 21.9 Å². The molecule has 1 aromatic heterocycles. The van der Waals surface area contributed by atoms with E-state index < -0.39 is 23.5 Å².